The van der Waals surface area contributed by atoms with Crippen molar-refractivity contribution in [2.24, 2.45) is 0 Å². The second-order valence-corrected chi connectivity index (χ2v) is 6.16. The molecule has 0 aliphatic rings. The van der Waals surface area contributed by atoms with Gasteiger partial charge in [-0.2, -0.15) is 0 Å². The van der Waals surface area contributed by atoms with Gasteiger partial charge in [-0.05, 0) is 55.7 Å². The van der Waals surface area contributed by atoms with Crippen LogP contribution >= 0.6 is 0 Å². The first-order valence-corrected chi connectivity index (χ1v) is 9.10. The molecule has 0 saturated carbocycles. The molecule has 0 bridgehead atoms. The van der Waals surface area contributed by atoms with Crippen molar-refractivity contribution in [2.45, 2.75) is 46.7 Å². The van der Waals surface area contributed by atoms with E-state index in [2.05, 4.69) is 0 Å². The summed E-state index contributed by atoms with van der Waals surface area (Å²) in [5.74, 6) is 1.04. The van der Waals surface area contributed by atoms with Crippen molar-refractivity contribution in [1.29, 1.82) is 0 Å². The molecule has 2 rings (SSSR count). The van der Waals surface area contributed by atoms with Crippen molar-refractivity contribution in [3.63, 3.8) is 0 Å². The van der Waals surface area contributed by atoms with E-state index in [1.807, 2.05) is 38.1 Å². The van der Waals surface area contributed by atoms with Crippen LogP contribution in [0.1, 0.15) is 47.2 Å². The molecule has 2 aromatic rings. The number of ether oxygens (including phenoxy) is 2. The Morgan fingerprint density at radius 2 is 0.889 bits per heavy atom. The highest BCUT2D eigenvalue weighted by atomic mass is 16.5. The summed E-state index contributed by atoms with van der Waals surface area (Å²) in [5.41, 5.74) is 4.26. The van der Waals surface area contributed by atoms with Crippen LogP contribution in [0.5, 0.6) is 11.5 Å². The Balaban J connectivity index is 2.44. The molecular formula is C21H28O6. The van der Waals surface area contributed by atoms with Gasteiger partial charge in [0.2, 0.25) is 0 Å². The number of benzene rings is 2. The van der Waals surface area contributed by atoms with Crippen LogP contribution in [0.25, 0.3) is 0 Å². The van der Waals surface area contributed by atoms with Crippen molar-refractivity contribution in [3.8, 4) is 11.5 Å². The molecule has 0 fully saturated rings. The fourth-order valence-corrected chi connectivity index (χ4v) is 3.22. The zero-order valence-electron chi connectivity index (χ0n) is 15.9. The van der Waals surface area contributed by atoms with E-state index in [-0.39, 0.29) is 26.4 Å². The average Bonchev–Trinajstić information content (AvgIpc) is 2.69. The lowest BCUT2D eigenvalue weighted by Crippen LogP contribution is -2.05. The molecule has 0 aliphatic heterocycles. The Kier molecular flexibility index (Phi) is 8.06. The largest absolute Gasteiger partial charge is 0.493 e. The third-order valence-corrected chi connectivity index (χ3v) is 4.27. The number of rotatable bonds is 10. The quantitative estimate of drug-likeness (QED) is 0.506. The fraction of sp³-hybridized carbons (Fsp3) is 0.429. The van der Waals surface area contributed by atoms with Gasteiger partial charge < -0.3 is 29.9 Å². The third kappa shape index (κ3) is 4.99. The van der Waals surface area contributed by atoms with E-state index in [9.17, 15) is 20.4 Å². The highest BCUT2D eigenvalue weighted by Crippen LogP contribution is 2.30. The monoisotopic (exact) mass is 376 g/mol. The van der Waals surface area contributed by atoms with E-state index < -0.39 is 0 Å². The summed E-state index contributed by atoms with van der Waals surface area (Å²) in [6, 6.07) is 7.38. The van der Waals surface area contributed by atoms with Crippen LogP contribution < -0.4 is 9.47 Å². The number of aliphatic hydroxyl groups excluding tert-OH is 4. The Morgan fingerprint density at radius 3 is 1.11 bits per heavy atom. The van der Waals surface area contributed by atoms with E-state index in [0.29, 0.717) is 53.4 Å². The van der Waals surface area contributed by atoms with Crippen LogP contribution in [0, 0.1) is 0 Å². The molecule has 0 heterocycles. The molecule has 0 aliphatic carbocycles. The van der Waals surface area contributed by atoms with Gasteiger partial charge in [0.15, 0.2) is 0 Å². The molecule has 0 spiro atoms. The number of hydrogen-bond acceptors (Lipinski definition) is 6. The lowest BCUT2D eigenvalue weighted by Gasteiger charge is -2.17. The molecule has 2 aromatic carbocycles. The average molecular weight is 376 g/mol. The van der Waals surface area contributed by atoms with Gasteiger partial charge in [0.1, 0.15) is 11.5 Å². The maximum atomic E-state index is 9.67. The predicted octanol–water partition coefficient (Wildman–Crippen LogP) is 2.04. The third-order valence-electron chi connectivity index (χ3n) is 4.27. The zero-order valence-corrected chi connectivity index (χ0v) is 15.9. The minimum Gasteiger partial charge on any atom is -0.493 e. The summed E-state index contributed by atoms with van der Waals surface area (Å²) >= 11 is 0. The smallest absolute Gasteiger partial charge is 0.130 e. The van der Waals surface area contributed by atoms with Gasteiger partial charge >= 0.3 is 0 Å². The summed E-state index contributed by atoms with van der Waals surface area (Å²) in [6.45, 7) is 3.82. The number of aliphatic hydroxyl groups is 4. The van der Waals surface area contributed by atoms with Gasteiger partial charge in [0.05, 0.1) is 39.6 Å². The van der Waals surface area contributed by atoms with Crippen LogP contribution in [-0.4, -0.2) is 33.6 Å². The van der Waals surface area contributed by atoms with E-state index in [1.54, 1.807) is 0 Å². The van der Waals surface area contributed by atoms with Crippen LogP contribution in [0.3, 0.4) is 0 Å². The van der Waals surface area contributed by atoms with Gasteiger partial charge in [-0.25, -0.2) is 0 Å². The summed E-state index contributed by atoms with van der Waals surface area (Å²) < 4.78 is 11.1. The molecular weight excluding hydrogens is 348 g/mol. The minimum atomic E-state index is -0.191. The van der Waals surface area contributed by atoms with Gasteiger partial charge in [0, 0.05) is 22.3 Å². The zero-order chi connectivity index (χ0) is 19.8. The number of hydrogen-bond donors (Lipinski definition) is 4. The molecule has 0 amide bonds. The molecule has 6 nitrogen and oxygen atoms in total. The molecule has 6 heteroatoms. The summed E-state index contributed by atoms with van der Waals surface area (Å²) in [7, 11) is 0. The minimum absolute atomic E-state index is 0.191. The maximum absolute atomic E-state index is 9.67. The van der Waals surface area contributed by atoms with E-state index >= 15 is 0 Å². The first-order valence-electron chi connectivity index (χ1n) is 9.10. The normalized spacial score (nSPS) is 10.9. The van der Waals surface area contributed by atoms with Crippen LogP contribution in [0.15, 0.2) is 24.3 Å². The molecule has 0 atom stereocenters. The lowest BCUT2D eigenvalue weighted by atomic mass is 9.96. The second kappa shape index (κ2) is 10.3. The molecule has 0 radical (unpaired) electrons. The fourth-order valence-electron chi connectivity index (χ4n) is 3.22. The van der Waals surface area contributed by atoms with Crippen molar-refractivity contribution >= 4 is 0 Å². The van der Waals surface area contributed by atoms with Crippen LogP contribution in [0.4, 0.5) is 0 Å². The Hall–Kier alpha value is -2.12. The van der Waals surface area contributed by atoms with Crippen molar-refractivity contribution in [3.05, 3.63) is 57.6 Å². The van der Waals surface area contributed by atoms with Gasteiger partial charge in [-0.15, -0.1) is 0 Å². The lowest BCUT2D eigenvalue weighted by molar-refractivity contribution is 0.251. The maximum Gasteiger partial charge on any atom is 0.130 e. The molecule has 0 unspecified atom stereocenters. The molecule has 0 saturated heterocycles. The van der Waals surface area contributed by atoms with E-state index in [4.69, 9.17) is 9.47 Å². The molecule has 0 aromatic heterocycles. The van der Waals surface area contributed by atoms with Crippen LogP contribution in [-0.2, 0) is 32.8 Å². The summed E-state index contributed by atoms with van der Waals surface area (Å²) in [5, 5.41) is 38.7. The first kappa shape index (κ1) is 21.2. The van der Waals surface area contributed by atoms with Gasteiger partial charge in [-0.3, -0.25) is 0 Å². The SMILES string of the molecule is CCOc1c(CO)cc(Cc2cc(CO)c(OCC)c(CO)c2)cc1CO. The highest BCUT2D eigenvalue weighted by molar-refractivity contribution is 5.48. The Bertz CT molecular complexity index is 643. The standard InChI is InChI=1S/C21H28O6/c1-3-26-20-16(10-22)6-14(7-17(20)11-23)5-15-8-18(12-24)21(27-4-2)19(9-15)13-25/h6-9,22-25H,3-5,10-13H2,1-2H3. The van der Waals surface area contributed by atoms with E-state index in [1.165, 1.54) is 0 Å². The Labute approximate surface area is 159 Å². The highest BCUT2D eigenvalue weighted by Gasteiger charge is 2.15. The molecule has 4 N–H and O–H groups in total. The van der Waals surface area contributed by atoms with Crippen molar-refractivity contribution in [1.82, 2.24) is 0 Å². The predicted molar refractivity (Wildman–Crippen MR) is 102 cm³/mol. The summed E-state index contributed by atoms with van der Waals surface area (Å²) in [4.78, 5) is 0. The van der Waals surface area contributed by atoms with Crippen molar-refractivity contribution in [2.75, 3.05) is 13.2 Å². The van der Waals surface area contributed by atoms with Gasteiger partial charge in [-0.1, -0.05) is 0 Å². The van der Waals surface area contributed by atoms with Crippen LogP contribution in [0.2, 0.25) is 0 Å². The first-order chi connectivity index (χ1) is 13.1. The van der Waals surface area contributed by atoms with Crippen molar-refractivity contribution < 1.29 is 29.9 Å². The molecule has 27 heavy (non-hydrogen) atoms. The summed E-state index contributed by atoms with van der Waals surface area (Å²) in [6.07, 6.45) is 0.513. The molecule has 148 valence electrons. The second-order valence-electron chi connectivity index (χ2n) is 6.16. The van der Waals surface area contributed by atoms with E-state index in [0.717, 1.165) is 11.1 Å². The topological polar surface area (TPSA) is 99.4 Å². The van der Waals surface area contributed by atoms with Gasteiger partial charge in [0.25, 0.3) is 0 Å². The Morgan fingerprint density at radius 1 is 0.593 bits per heavy atom.